The molecule has 2 heterocycles. The minimum atomic E-state index is 0.141. The lowest BCUT2D eigenvalue weighted by Gasteiger charge is -2.36. The maximum atomic E-state index is 5.68. The van der Waals surface area contributed by atoms with Gasteiger partial charge in [0.2, 0.25) is 0 Å². The highest BCUT2D eigenvalue weighted by Gasteiger charge is 2.21. The van der Waals surface area contributed by atoms with E-state index < -0.39 is 0 Å². The summed E-state index contributed by atoms with van der Waals surface area (Å²) < 4.78 is 5.68. The number of hydrogen-bond acceptors (Lipinski definition) is 4. The van der Waals surface area contributed by atoms with Crippen molar-refractivity contribution in [2.45, 2.75) is 6.10 Å². The molecule has 2 aromatic rings. The topological polar surface area (TPSA) is 28.6 Å². The first-order valence-electron chi connectivity index (χ1n) is 7.83. The Morgan fingerprint density at radius 1 is 1.00 bits per heavy atom. The standard InChI is InChI=1S/C18H23N3O/c1-22-17(16-7-3-2-4-8-16)15-20-11-13-21(14-12-20)18-9-5-6-10-19-18/h2-10,17H,11-15H2,1H3. The molecule has 1 unspecified atom stereocenters. The Labute approximate surface area is 132 Å². The second kappa shape index (κ2) is 7.38. The van der Waals surface area contributed by atoms with Gasteiger partial charge < -0.3 is 9.64 Å². The summed E-state index contributed by atoms with van der Waals surface area (Å²) in [5.74, 6) is 1.08. The number of hydrogen-bond donors (Lipinski definition) is 0. The first-order valence-corrected chi connectivity index (χ1v) is 7.83. The molecule has 0 spiro atoms. The van der Waals surface area contributed by atoms with Crippen molar-refractivity contribution < 1.29 is 4.74 Å². The van der Waals surface area contributed by atoms with Crippen LogP contribution >= 0.6 is 0 Å². The lowest BCUT2D eigenvalue weighted by molar-refractivity contribution is 0.0615. The van der Waals surface area contributed by atoms with Crippen LogP contribution in [0.4, 0.5) is 5.82 Å². The van der Waals surface area contributed by atoms with Crippen molar-refractivity contribution in [1.29, 1.82) is 0 Å². The third-order valence-electron chi connectivity index (χ3n) is 4.23. The van der Waals surface area contributed by atoms with Gasteiger partial charge in [-0.15, -0.1) is 0 Å². The van der Waals surface area contributed by atoms with Gasteiger partial charge in [-0.05, 0) is 17.7 Å². The fourth-order valence-electron chi connectivity index (χ4n) is 2.92. The van der Waals surface area contributed by atoms with E-state index in [0.717, 1.165) is 38.5 Å². The van der Waals surface area contributed by atoms with Gasteiger partial charge in [-0.2, -0.15) is 0 Å². The number of pyridine rings is 1. The Balaban J connectivity index is 1.55. The molecular formula is C18H23N3O. The summed E-state index contributed by atoms with van der Waals surface area (Å²) in [6, 6.07) is 16.5. The number of anilines is 1. The van der Waals surface area contributed by atoms with Crippen LogP contribution in [0.1, 0.15) is 11.7 Å². The van der Waals surface area contributed by atoms with Crippen LogP contribution in [0.15, 0.2) is 54.7 Å². The van der Waals surface area contributed by atoms with Crippen molar-refractivity contribution in [2.24, 2.45) is 0 Å². The summed E-state index contributed by atoms with van der Waals surface area (Å²) in [5.41, 5.74) is 1.25. The number of nitrogens with zero attached hydrogens (tertiary/aromatic N) is 3. The number of benzene rings is 1. The van der Waals surface area contributed by atoms with Gasteiger partial charge in [0.05, 0.1) is 6.10 Å². The first kappa shape index (κ1) is 15.0. The summed E-state index contributed by atoms with van der Waals surface area (Å²) >= 11 is 0. The molecule has 0 aliphatic carbocycles. The summed E-state index contributed by atoms with van der Waals surface area (Å²) in [6.07, 6.45) is 2.00. The van der Waals surface area contributed by atoms with Gasteiger partial charge in [-0.1, -0.05) is 36.4 Å². The molecule has 0 saturated carbocycles. The molecule has 1 aliphatic rings. The van der Waals surface area contributed by atoms with Crippen molar-refractivity contribution in [3.8, 4) is 0 Å². The monoisotopic (exact) mass is 297 g/mol. The fourth-order valence-corrected chi connectivity index (χ4v) is 2.92. The molecule has 4 heteroatoms. The molecule has 1 fully saturated rings. The Bertz CT molecular complexity index is 553. The zero-order valence-electron chi connectivity index (χ0n) is 13.1. The van der Waals surface area contributed by atoms with Gasteiger partial charge in [0.1, 0.15) is 5.82 Å². The van der Waals surface area contributed by atoms with Crippen LogP contribution in [-0.2, 0) is 4.74 Å². The molecule has 1 saturated heterocycles. The van der Waals surface area contributed by atoms with Gasteiger partial charge in [-0.25, -0.2) is 4.98 Å². The van der Waals surface area contributed by atoms with Crippen molar-refractivity contribution >= 4 is 5.82 Å². The minimum Gasteiger partial charge on any atom is -0.375 e. The van der Waals surface area contributed by atoms with Crippen molar-refractivity contribution in [1.82, 2.24) is 9.88 Å². The smallest absolute Gasteiger partial charge is 0.128 e. The maximum absolute atomic E-state index is 5.68. The lowest BCUT2D eigenvalue weighted by atomic mass is 10.1. The third-order valence-corrected chi connectivity index (χ3v) is 4.23. The van der Waals surface area contributed by atoms with Crippen LogP contribution in [0.3, 0.4) is 0 Å². The van der Waals surface area contributed by atoms with Gasteiger partial charge in [0.15, 0.2) is 0 Å². The SMILES string of the molecule is COC(CN1CCN(c2ccccn2)CC1)c1ccccc1. The summed E-state index contributed by atoms with van der Waals surface area (Å²) in [6.45, 7) is 5.06. The fraction of sp³-hybridized carbons (Fsp3) is 0.389. The van der Waals surface area contributed by atoms with Crippen molar-refractivity contribution in [3.05, 3.63) is 60.3 Å². The predicted molar refractivity (Wildman–Crippen MR) is 89.1 cm³/mol. The van der Waals surface area contributed by atoms with Crippen LogP contribution in [0.2, 0.25) is 0 Å². The second-order valence-corrected chi connectivity index (χ2v) is 5.61. The zero-order chi connectivity index (χ0) is 15.2. The van der Waals surface area contributed by atoms with E-state index in [0.29, 0.717) is 0 Å². The van der Waals surface area contributed by atoms with E-state index in [2.05, 4.69) is 45.1 Å². The van der Waals surface area contributed by atoms with Crippen molar-refractivity contribution in [2.75, 3.05) is 44.7 Å². The quantitative estimate of drug-likeness (QED) is 0.848. The molecule has 0 N–H and O–H groups in total. The number of methoxy groups -OCH3 is 1. The highest BCUT2D eigenvalue weighted by Crippen LogP contribution is 2.19. The molecule has 0 radical (unpaired) electrons. The van der Waals surface area contributed by atoms with E-state index >= 15 is 0 Å². The molecule has 22 heavy (non-hydrogen) atoms. The van der Waals surface area contributed by atoms with E-state index in [4.69, 9.17) is 4.74 Å². The molecule has 0 bridgehead atoms. The summed E-state index contributed by atoms with van der Waals surface area (Å²) in [7, 11) is 1.79. The van der Waals surface area contributed by atoms with E-state index in [1.165, 1.54) is 5.56 Å². The molecular weight excluding hydrogens is 274 g/mol. The highest BCUT2D eigenvalue weighted by atomic mass is 16.5. The molecule has 1 aromatic carbocycles. The summed E-state index contributed by atoms with van der Waals surface area (Å²) in [5, 5.41) is 0. The van der Waals surface area contributed by atoms with Crippen LogP contribution < -0.4 is 4.90 Å². The molecule has 3 rings (SSSR count). The second-order valence-electron chi connectivity index (χ2n) is 5.61. The maximum Gasteiger partial charge on any atom is 0.128 e. The predicted octanol–water partition coefficient (Wildman–Crippen LogP) is 2.59. The third kappa shape index (κ3) is 3.64. The van der Waals surface area contributed by atoms with E-state index in [-0.39, 0.29) is 6.10 Å². The molecule has 4 nitrogen and oxygen atoms in total. The van der Waals surface area contributed by atoms with Gasteiger partial charge in [-0.3, -0.25) is 4.90 Å². The Kier molecular flexibility index (Phi) is 5.03. The number of ether oxygens (including phenoxy) is 1. The Morgan fingerprint density at radius 2 is 1.73 bits per heavy atom. The Morgan fingerprint density at radius 3 is 2.36 bits per heavy atom. The number of rotatable bonds is 5. The van der Waals surface area contributed by atoms with Crippen molar-refractivity contribution in [3.63, 3.8) is 0 Å². The highest BCUT2D eigenvalue weighted by molar-refractivity contribution is 5.38. The largest absolute Gasteiger partial charge is 0.375 e. The zero-order valence-corrected chi connectivity index (χ0v) is 13.1. The average Bonchev–Trinajstić information content (AvgIpc) is 2.62. The van der Waals surface area contributed by atoms with E-state index in [1.807, 2.05) is 24.4 Å². The normalized spacial score (nSPS) is 17.4. The van der Waals surface area contributed by atoms with E-state index in [1.54, 1.807) is 7.11 Å². The van der Waals surface area contributed by atoms with Crippen LogP contribution in [0, 0.1) is 0 Å². The molecule has 0 amide bonds. The van der Waals surface area contributed by atoms with Crippen LogP contribution in [0.5, 0.6) is 0 Å². The minimum absolute atomic E-state index is 0.141. The van der Waals surface area contributed by atoms with Gasteiger partial charge >= 0.3 is 0 Å². The van der Waals surface area contributed by atoms with Crippen LogP contribution in [0.25, 0.3) is 0 Å². The molecule has 1 aliphatic heterocycles. The average molecular weight is 297 g/mol. The molecule has 1 atom stereocenters. The first-order chi connectivity index (χ1) is 10.9. The number of aromatic nitrogens is 1. The number of piperazine rings is 1. The molecule has 1 aromatic heterocycles. The lowest BCUT2D eigenvalue weighted by Crippen LogP contribution is -2.47. The Hall–Kier alpha value is -1.91. The van der Waals surface area contributed by atoms with Crippen LogP contribution in [-0.4, -0.2) is 49.7 Å². The van der Waals surface area contributed by atoms with Gasteiger partial charge in [0.25, 0.3) is 0 Å². The summed E-state index contributed by atoms with van der Waals surface area (Å²) in [4.78, 5) is 9.26. The van der Waals surface area contributed by atoms with Gasteiger partial charge in [0, 0.05) is 46.0 Å². The molecule has 116 valence electrons. The van der Waals surface area contributed by atoms with E-state index in [9.17, 15) is 0 Å².